The van der Waals surface area contributed by atoms with Crippen LogP contribution in [0.5, 0.6) is 5.06 Å². The smallest absolute Gasteiger partial charge is 0.177 e. The van der Waals surface area contributed by atoms with Crippen LogP contribution in [0.2, 0.25) is 0 Å². The number of methoxy groups -OCH3 is 1. The van der Waals surface area contributed by atoms with Crippen molar-refractivity contribution in [3.63, 3.8) is 0 Å². The van der Waals surface area contributed by atoms with Crippen LogP contribution in [0.15, 0.2) is 18.2 Å². The number of benzene rings is 1. The zero-order valence-corrected chi connectivity index (χ0v) is 10.4. The Kier molecular flexibility index (Phi) is 2.47. The van der Waals surface area contributed by atoms with Gasteiger partial charge in [0.1, 0.15) is 0 Å². The Hall–Kier alpha value is -0.290. The third kappa shape index (κ3) is 1.44. The lowest BCUT2D eigenvalue weighted by Crippen LogP contribution is -1.80. The normalized spacial score (nSPS) is 10.7. The Bertz CT molecular complexity index is 447. The van der Waals surface area contributed by atoms with Crippen molar-refractivity contribution < 1.29 is 4.74 Å². The first-order valence-corrected chi connectivity index (χ1v) is 5.85. The molecule has 1 heterocycles. The number of ether oxygens (including phenoxy) is 1. The summed E-state index contributed by atoms with van der Waals surface area (Å²) >= 11 is 4.08. The van der Waals surface area contributed by atoms with Gasteiger partial charge in [0.25, 0.3) is 0 Å². The second kappa shape index (κ2) is 3.46. The summed E-state index contributed by atoms with van der Waals surface area (Å²) in [6, 6.07) is 6.35. The molecule has 0 aliphatic heterocycles. The van der Waals surface area contributed by atoms with Crippen molar-refractivity contribution >= 4 is 44.0 Å². The summed E-state index contributed by atoms with van der Waals surface area (Å²) in [6.07, 6.45) is 0. The lowest BCUT2D eigenvalue weighted by Gasteiger charge is -1.96. The molecule has 1 aromatic carbocycles. The van der Waals surface area contributed by atoms with Gasteiger partial charge in [-0.2, -0.15) is 0 Å². The molecule has 0 spiro atoms. The minimum Gasteiger partial charge on any atom is -0.487 e. The van der Waals surface area contributed by atoms with Gasteiger partial charge in [-0.15, -0.1) is 0 Å². The van der Waals surface area contributed by atoms with Crippen molar-refractivity contribution in [3.8, 4) is 5.06 Å². The van der Waals surface area contributed by atoms with E-state index in [1.165, 1.54) is 19.2 Å². The minimum absolute atomic E-state index is 1.03. The Balaban J connectivity index is 2.85. The van der Waals surface area contributed by atoms with Gasteiger partial charge in [0.2, 0.25) is 0 Å². The molecule has 0 bridgehead atoms. The van der Waals surface area contributed by atoms with E-state index in [0.717, 1.165) is 5.06 Å². The van der Waals surface area contributed by atoms with E-state index in [1.54, 1.807) is 18.4 Å². The molecule has 0 unspecified atom stereocenters. The predicted molar refractivity (Wildman–Crippen MR) is 65.8 cm³/mol. The molecule has 1 aromatic heterocycles. The van der Waals surface area contributed by atoms with E-state index in [9.17, 15) is 0 Å². The average Bonchev–Trinajstić information content (AvgIpc) is 2.44. The summed E-state index contributed by atoms with van der Waals surface area (Å²) in [6.45, 7) is 2.11. The van der Waals surface area contributed by atoms with Gasteiger partial charge in [0.15, 0.2) is 5.06 Å². The summed E-state index contributed by atoms with van der Waals surface area (Å²) in [4.78, 5) is 0. The highest BCUT2D eigenvalue weighted by atomic mass is 127. The second-order valence-corrected chi connectivity index (χ2v) is 5.01. The van der Waals surface area contributed by atoms with Crippen LogP contribution in [-0.2, 0) is 0 Å². The fourth-order valence-electron chi connectivity index (χ4n) is 1.43. The number of halogens is 1. The van der Waals surface area contributed by atoms with E-state index in [2.05, 4.69) is 47.7 Å². The van der Waals surface area contributed by atoms with Crippen LogP contribution in [0.4, 0.5) is 0 Å². The molecule has 0 saturated carbocycles. The highest BCUT2D eigenvalue weighted by Gasteiger charge is 2.10. The molecule has 0 N–H and O–H groups in total. The van der Waals surface area contributed by atoms with Gasteiger partial charge in [0.05, 0.1) is 7.11 Å². The average molecular weight is 304 g/mol. The highest BCUT2D eigenvalue weighted by Crippen LogP contribution is 2.38. The first-order chi connectivity index (χ1) is 6.24. The van der Waals surface area contributed by atoms with Gasteiger partial charge in [-0.25, -0.2) is 0 Å². The number of rotatable bonds is 1. The van der Waals surface area contributed by atoms with Crippen molar-refractivity contribution in [3.05, 3.63) is 27.3 Å². The lowest BCUT2D eigenvalue weighted by atomic mass is 10.2. The topological polar surface area (TPSA) is 9.23 Å². The van der Waals surface area contributed by atoms with Crippen molar-refractivity contribution in [1.82, 2.24) is 0 Å². The standard InChI is InChI=1S/C10H9IOS/c1-6-9-7(11)4-3-5-8(9)13-10(6)12-2/h3-5H,1-2H3. The fraction of sp³-hybridized carbons (Fsp3) is 0.200. The van der Waals surface area contributed by atoms with Crippen molar-refractivity contribution in [2.45, 2.75) is 6.92 Å². The van der Waals surface area contributed by atoms with Crippen molar-refractivity contribution in [1.29, 1.82) is 0 Å². The summed E-state index contributed by atoms with van der Waals surface area (Å²) in [5.41, 5.74) is 1.26. The van der Waals surface area contributed by atoms with Crippen LogP contribution in [0.1, 0.15) is 5.56 Å². The summed E-state index contributed by atoms with van der Waals surface area (Å²) in [5, 5.41) is 2.36. The monoisotopic (exact) mass is 304 g/mol. The molecule has 0 atom stereocenters. The minimum atomic E-state index is 1.03. The molecule has 2 rings (SSSR count). The van der Waals surface area contributed by atoms with Gasteiger partial charge in [0, 0.05) is 19.2 Å². The molecule has 0 aliphatic rings. The molecule has 0 radical (unpaired) electrons. The van der Waals surface area contributed by atoms with Crippen molar-refractivity contribution in [2.75, 3.05) is 7.11 Å². The van der Waals surface area contributed by atoms with E-state index >= 15 is 0 Å². The van der Waals surface area contributed by atoms with Crippen LogP contribution in [0.3, 0.4) is 0 Å². The largest absolute Gasteiger partial charge is 0.487 e. The molecule has 68 valence electrons. The lowest BCUT2D eigenvalue weighted by molar-refractivity contribution is 0.425. The number of hydrogen-bond acceptors (Lipinski definition) is 2. The Morgan fingerprint density at radius 3 is 2.77 bits per heavy atom. The predicted octanol–water partition coefficient (Wildman–Crippen LogP) is 3.82. The first-order valence-electron chi connectivity index (χ1n) is 3.95. The first kappa shape index (κ1) is 9.27. The SMILES string of the molecule is COc1sc2cccc(I)c2c1C. The molecule has 0 saturated heterocycles. The number of thiophene rings is 1. The quantitative estimate of drug-likeness (QED) is 0.728. The third-order valence-corrected chi connectivity index (χ3v) is 4.16. The van der Waals surface area contributed by atoms with Gasteiger partial charge in [-0.3, -0.25) is 0 Å². The van der Waals surface area contributed by atoms with Crippen LogP contribution in [-0.4, -0.2) is 7.11 Å². The van der Waals surface area contributed by atoms with Crippen LogP contribution < -0.4 is 4.74 Å². The number of fused-ring (bicyclic) bond motifs is 1. The van der Waals surface area contributed by atoms with Crippen LogP contribution >= 0.6 is 33.9 Å². The van der Waals surface area contributed by atoms with Gasteiger partial charge < -0.3 is 4.74 Å². The van der Waals surface area contributed by atoms with E-state index in [4.69, 9.17) is 4.74 Å². The number of hydrogen-bond donors (Lipinski definition) is 0. The van der Waals surface area contributed by atoms with E-state index in [1.807, 2.05) is 0 Å². The molecule has 13 heavy (non-hydrogen) atoms. The Morgan fingerprint density at radius 1 is 1.38 bits per heavy atom. The molecular formula is C10H9IOS. The van der Waals surface area contributed by atoms with Gasteiger partial charge >= 0.3 is 0 Å². The zero-order valence-electron chi connectivity index (χ0n) is 7.43. The molecule has 0 amide bonds. The maximum absolute atomic E-state index is 5.30. The van der Waals surface area contributed by atoms with Gasteiger partial charge in [-0.1, -0.05) is 17.4 Å². The summed E-state index contributed by atoms with van der Waals surface area (Å²) in [5.74, 6) is 0. The highest BCUT2D eigenvalue weighted by molar-refractivity contribution is 14.1. The van der Waals surface area contributed by atoms with Crippen LogP contribution in [0, 0.1) is 10.5 Å². The molecule has 1 nitrogen and oxygen atoms in total. The third-order valence-electron chi connectivity index (χ3n) is 2.04. The molecule has 0 fully saturated rings. The molecule has 0 aliphatic carbocycles. The Morgan fingerprint density at radius 2 is 2.15 bits per heavy atom. The van der Waals surface area contributed by atoms with E-state index in [0.29, 0.717) is 0 Å². The molecule has 3 heteroatoms. The maximum Gasteiger partial charge on any atom is 0.177 e. The molecule has 2 aromatic rings. The van der Waals surface area contributed by atoms with Crippen molar-refractivity contribution in [2.24, 2.45) is 0 Å². The Labute approximate surface area is 94.9 Å². The summed E-state index contributed by atoms with van der Waals surface area (Å²) in [7, 11) is 1.73. The second-order valence-electron chi connectivity index (χ2n) is 2.83. The van der Waals surface area contributed by atoms with E-state index < -0.39 is 0 Å². The zero-order chi connectivity index (χ0) is 9.42. The van der Waals surface area contributed by atoms with Crippen LogP contribution in [0.25, 0.3) is 10.1 Å². The number of aryl methyl sites for hydroxylation is 1. The van der Waals surface area contributed by atoms with Gasteiger partial charge in [-0.05, 0) is 41.6 Å². The fourth-order valence-corrected chi connectivity index (χ4v) is 3.56. The maximum atomic E-state index is 5.30. The molecular weight excluding hydrogens is 295 g/mol. The summed E-state index contributed by atoms with van der Waals surface area (Å²) < 4.78 is 7.91. The van der Waals surface area contributed by atoms with E-state index in [-0.39, 0.29) is 0 Å².